The summed E-state index contributed by atoms with van der Waals surface area (Å²) in [5, 5.41) is 6.24. The highest BCUT2D eigenvalue weighted by molar-refractivity contribution is 5.92. The lowest BCUT2D eigenvalue weighted by atomic mass is 10.0. The molecular formula is C54H60N10O4. The Labute approximate surface area is 397 Å². The van der Waals surface area contributed by atoms with E-state index in [-0.39, 0.29) is 47.8 Å². The number of carbonyl (C=O) groups excluding carboxylic acids is 4. The number of benzene rings is 4. The molecule has 0 spiro atoms. The van der Waals surface area contributed by atoms with Crippen molar-refractivity contribution < 1.29 is 19.2 Å². The number of H-pyrrole nitrogens is 2. The van der Waals surface area contributed by atoms with Gasteiger partial charge in [0.1, 0.15) is 23.7 Å². The molecule has 4 saturated heterocycles. The zero-order chi connectivity index (χ0) is 46.7. The molecule has 350 valence electrons. The quantitative estimate of drug-likeness (QED) is 0.0935. The second-order valence-electron chi connectivity index (χ2n) is 18.9. The second-order valence-corrected chi connectivity index (χ2v) is 18.9. The molecule has 0 bridgehead atoms. The lowest BCUT2D eigenvalue weighted by Crippen LogP contribution is -2.48. The van der Waals surface area contributed by atoms with Gasteiger partial charge in [-0.15, -0.1) is 0 Å². The first kappa shape index (κ1) is 44.9. The van der Waals surface area contributed by atoms with Crippen LogP contribution in [-0.2, 0) is 19.2 Å². The normalized spacial score (nSPS) is 21.8. The molecule has 4 aliphatic heterocycles. The van der Waals surface area contributed by atoms with Gasteiger partial charge in [0, 0.05) is 13.1 Å². The molecule has 6 heterocycles. The number of rotatable bonds is 13. The lowest BCUT2D eigenvalue weighted by molar-refractivity contribution is -0.138. The third-order valence-corrected chi connectivity index (χ3v) is 14.6. The monoisotopic (exact) mass is 912 g/mol. The van der Waals surface area contributed by atoms with Crippen LogP contribution in [0.5, 0.6) is 0 Å². The second kappa shape index (κ2) is 19.7. The Morgan fingerprint density at radius 1 is 0.500 bits per heavy atom. The largest absolute Gasteiger partial charge is 0.340 e. The van der Waals surface area contributed by atoms with Crippen LogP contribution in [0.1, 0.15) is 98.3 Å². The number of imidazole rings is 2. The molecule has 2 aromatic heterocycles. The average molecular weight is 913 g/mol. The minimum atomic E-state index is -0.781. The number of nitrogens with zero attached hydrogens (tertiary/aromatic N) is 6. The fourth-order valence-electron chi connectivity index (χ4n) is 10.8. The molecule has 10 rings (SSSR count). The smallest absolute Gasteiger partial charge is 0.250 e. The number of hydrogen-bond donors (Lipinski definition) is 4. The van der Waals surface area contributed by atoms with Gasteiger partial charge in [0.25, 0.3) is 0 Å². The number of likely N-dealkylation sites (tertiary alicyclic amines) is 4. The minimum absolute atomic E-state index is 0.110. The highest BCUT2D eigenvalue weighted by Crippen LogP contribution is 2.37. The molecule has 14 nitrogen and oxygen atoms in total. The fourth-order valence-corrected chi connectivity index (χ4v) is 10.8. The molecule has 4 amide bonds. The molecule has 0 aliphatic carbocycles. The minimum Gasteiger partial charge on any atom is -0.340 e. The van der Waals surface area contributed by atoms with Gasteiger partial charge in [-0.1, -0.05) is 109 Å². The molecular weight excluding hydrogens is 853 g/mol. The average Bonchev–Trinajstić information content (AvgIpc) is 4.24. The third-order valence-electron chi connectivity index (χ3n) is 14.6. The Bertz CT molecular complexity index is 2530. The summed E-state index contributed by atoms with van der Waals surface area (Å²) in [5.74, 6) is 1.01. The molecule has 4 fully saturated rings. The van der Waals surface area contributed by atoms with Crippen molar-refractivity contribution >= 4 is 23.6 Å². The molecule has 0 radical (unpaired) electrons. The van der Waals surface area contributed by atoms with Crippen molar-refractivity contribution in [2.45, 2.75) is 87.6 Å². The van der Waals surface area contributed by atoms with Crippen molar-refractivity contribution in [2.24, 2.45) is 0 Å². The number of nitrogens with one attached hydrogen (secondary N) is 4. The van der Waals surface area contributed by atoms with Crippen LogP contribution in [0.2, 0.25) is 0 Å². The lowest BCUT2D eigenvalue weighted by Gasteiger charge is -2.30. The van der Waals surface area contributed by atoms with E-state index in [0.717, 1.165) is 121 Å². The van der Waals surface area contributed by atoms with Crippen LogP contribution in [0.15, 0.2) is 122 Å². The van der Waals surface area contributed by atoms with E-state index in [1.807, 2.05) is 97.0 Å². The number of aromatic nitrogens is 4. The Morgan fingerprint density at radius 3 is 1.24 bits per heavy atom. The molecule has 68 heavy (non-hydrogen) atoms. The Morgan fingerprint density at radius 2 is 0.868 bits per heavy atom. The van der Waals surface area contributed by atoms with E-state index in [9.17, 15) is 19.2 Å². The highest BCUT2D eigenvalue weighted by Gasteiger charge is 2.40. The fraction of sp³-hybridized carbons (Fsp3) is 0.370. The maximum atomic E-state index is 14.4. The summed E-state index contributed by atoms with van der Waals surface area (Å²) in [7, 11) is 3.93. The first-order valence-electron chi connectivity index (χ1n) is 24.2. The number of likely N-dealkylation sites (N-methyl/N-ethyl adjacent to an activating group) is 2. The van der Waals surface area contributed by atoms with Crippen molar-refractivity contribution in [1.29, 1.82) is 0 Å². The summed E-state index contributed by atoms with van der Waals surface area (Å²) in [5.41, 5.74) is 7.38. The van der Waals surface area contributed by atoms with Gasteiger partial charge >= 0.3 is 0 Å². The summed E-state index contributed by atoms with van der Waals surface area (Å²) in [6.07, 6.45) is 10.4. The Hall–Kier alpha value is -6.90. The van der Waals surface area contributed by atoms with Gasteiger partial charge in [0.15, 0.2) is 0 Å². The molecule has 6 atom stereocenters. The van der Waals surface area contributed by atoms with E-state index in [1.54, 1.807) is 0 Å². The predicted octanol–water partition coefficient (Wildman–Crippen LogP) is 7.36. The maximum Gasteiger partial charge on any atom is 0.250 e. The van der Waals surface area contributed by atoms with Gasteiger partial charge < -0.3 is 30.4 Å². The third kappa shape index (κ3) is 9.22. The number of carbonyl (C=O) groups is 4. The van der Waals surface area contributed by atoms with Gasteiger partial charge in [0.05, 0.1) is 47.9 Å². The number of amides is 4. The maximum absolute atomic E-state index is 14.4. The summed E-state index contributed by atoms with van der Waals surface area (Å²) >= 11 is 0. The van der Waals surface area contributed by atoms with Crippen molar-refractivity contribution in [1.82, 2.24) is 50.2 Å². The van der Waals surface area contributed by atoms with Crippen molar-refractivity contribution in [3.63, 3.8) is 0 Å². The first-order valence-corrected chi connectivity index (χ1v) is 24.2. The zero-order valence-corrected chi connectivity index (χ0v) is 38.8. The van der Waals surface area contributed by atoms with Gasteiger partial charge in [-0.2, -0.15) is 0 Å². The van der Waals surface area contributed by atoms with E-state index >= 15 is 0 Å². The SMILES string of the molecule is CN1CCCC1C(=O)N[C@@H](C(=O)N1CCC[C@H]1c1ncc(-c2ccc(-c3ccc(-c4cnc([C@@H]5CCCN5C(=O)[C@H](NC(=O)C5CCCN5C)c5ccccc5)[nH]4)cc3)cc2)[nH]1)c1ccccc1. The molecule has 6 aromatic rings. The van der Waals surface area contributed by atoms with Crippen molar-refractivity contribution in [3.8, 4) is 33.6 Å². The zero-order valence-electron chi connectivity index (χ0n) is 38.8. The summed E-state index contributed by atoms with van der Waals surface area (Å²) in [6.45, 7) is 2.92. The van der Waals surface area contributed by atoms with Crippen LogP contribution in [0.3, 0.4) is 0 Å². The van der Waals surface area contributed by atoms with Gasteiger partial charge in [-0.3, -0.25) is 29.0 Å². The molecule has 0 saturated carbocycles. The number of aromatic amines is 2. The van der Waals surface area contributed by atoms with E-state index in [4.69, 9.17) is 9.97 Å². The summed E-state index contributed by atoms with van der Waals surface area (Å²) in [4.78, 5) is 80.1. The van der Waals surface area contributed by atoms with Crippen LogP contribution >= 0.6 is 0 Å². The van der Waals surface area contributed by atoms with Crippen LogP contribution in [0.25, 0.3) is 33.6 Å². The molecule has 4 aliphatic rings. The number of hydrogen-bond acceptors (Lipinski definition) is 8. The van der Waals surface area contributed by atoms with Crippen LogP contribution in [0.4, 0.5) is 0 Å². The standard InChI is InChI=1S/C54H60N10O4/c1-61-29-9-19-45(61)51(65)59-47(39-13-5-3-6-14-39)53(67)63-31-11-17-43(63)49-55-33-41(57-49)37-25-21-35(22-26-37)36-23-27-38(28-24-36)42-34-56-50(58-42)44-18-12-32-64(44)54(68)48(40-15-7-4-8-16-40)60-52(66)46-20-10-30-62(46)2/h3-8,13-16,21-28,33-34,43-48H,9-12,17-20,29-32H2,1-2H3,(H,55,57)(H,56,58)(H,59,65)(H,60,66)/t43-,44-,45?,46?,47+,48+/m0/s1. The van der Waals surface area contributed by atoms with Gasteiger partial charge in [-0.25, -0.2) is 9.97 Å². The predicted molar refractivity (Wildman–Crippen MR) is 260 cm³/mol. The van der Waals surface area contributed by atoms with Crippen LogP contribution in [-0.4, -0.2) is 116 Å². The van der Waals surface area contributed by atoms with Crippen molar-refractivity contribution in [3.05, 3.63) is 144 Å². The summed E-state index contributed by atoms with van der Waals surface area (Å²) < 4.78 is 0. The molecule has 4 N–H and O–H groups in total. The molecule has 4 aromatic carbocycles. The van der Waals surface area contributed by atoms with E-state index in [0.29, 0.717) is 13.1 Å². The molecule has 14 heteroatoms. The van der Waals surface area contributed by atoms with Crippen LogP contribution < -0.4 is 10.6 Å². The summed E-state index contributed by atoms with van der Waals surface area (Å²) in [6, 6.07) is 33.3. The van der Waals surface area contributed by atoms with Gasteiger partial charge in [-0.05, 0) is 112 Å². The van der Waals surface area contributed by atoms with E-state index in [2.05, 4.69) is 78.9 Å². The van der Waals surface area contributed by atoms with E-state index < -0.39 is 12.1 Å². The van der Waals surface area contributed by atoms with Crippen LogP contribution in [0, 0.1) is 0 Å². The highest BCUT2D eigenvalue weighted by atomic mass is 16.2. The molecule has 2 unspecified atom stereocenters. The first-order chi connectivity index (χ1) is 33.2. The Balaban J connectivity index is 0.793. The van der Waals surface area contributed by atoms with E-state index in [1.165, 1.54) is 0 Å². The Kier molecular flexibility index (Phi) is 13.0. The van der Waals surface area contributed by atoms with Gasteiger partial charge in [0.2, 0.25) is 23.6 Å². The van der Waals surface area contributed by atoms with Crippen molar-refractivity contribution in [2.75, 3.05) is 40.3 Å². The topological polar surface area (TPSA) is 163 Å².